The number of halogens is 1. The fraction of sp³-hybridized carbons (Fsp3) is 0.150. The van der Waals surface area contributed by atoms with Crippen molar-refractivity contribution < 1.29 is 22.4 Å². The molecule has 0 aliphatic heterocycles. The molecule has 0 aliphatic rings. The summed E-state index contributed by atoms with van der Waals surface area (Å²) in [7, 11) is -3.58. The number of rotatable bonds is 8. The van der Waals surface area contributed by atoms with Crippen LogP contribution in [0.4, 0.5) is 0 Å². The van der Waals surface area contributed by atoms with E-state index < -0.39 is 15.7 Å². The zero-order chi connectivity index (χ0) is 20.0. The molecule has 0 atom stereocenters. The van der Waals surface area contributed by atoms with Gasteiger partial charge in [-0.3, -0.25) is 4.79 Å². The molecule has 8 heteroatoms. The van der Waals surface area contributed by atoms with E-state index in [9.17, 15) is 13.2 Å². The molecule has 0 fully saturated rings. The van der Waals surface area contributed by atoms with Crippen LogP contribution in [0.5, 0.6) is 5.75 Å². The number of carbonyl (C=O) groups is 1. The van der Waals surface area contributed by atoms with Crippen molar-refractivity contribution in [2.45, 2.75) is 10.6 Å². The number of ether oxygens (including phenoxy) is 1. The Hall–Kier alpha value is -2.77. The first-order valence-electron chi connectivity index (χ1n) is 8.46. The summed E-state index contributed by atoms with van der Waals surface area (Å²) in [4.78, 5) is 12.5. The number of sulfone groups is 1. The molecule has 0 bridgehead atoms. The van der Waals surface area contributed by atoms with Gasteiger partial charge in [0.05, 0.1) is 23.5 Å². The molecule has 146 valence electrons. The van der Waals surface area contributed by atoms with Crippen molar-refractivity contribution in [2.24, 2.45) is 0 Å². The van der Waals surface area contributed by atoms with Crippen LogP contribution in [0.1, 0.15) is 16.1 Å². The van der Waals surface area contributed by atoms with Crippen molar-refractivity contribution in [1.82, 2.24) is 5.32 Å². The molecule has 1 aromatic heterocycles. The molecule has 1 heterocycles. The van der Waals surface area contributed by atoms with Crippen LogP contribution in [0.15, 0.2) is 76.2 Å². The lowest BCUT2D eigenvalue weighted by atomic mass is 10.2. The fourth-order valence-electron chi connectivity index (χ4n) is 2.51. The number of nitrogens with one attached hydrogen (secondary N) is 1. The molecule has 1 amide bonds. The Kier molecular flexibility index (Phi) is 6.38. The van der Waals surface area contributed by atoms with Crippen molar-refractivity contribution in [1.29, 1.82) is 0 Å². The molecule has 1 N–H and O–H groups in total. The number of benzene rings is 2. The predicted octanol–water partition coefficient (Wildman–Crippen LogP) is 3.72. The lowest BCUT2D eigenvalue weighted by Gasteiger charge is -2.08. The minimum atomic E-state index is -3.58. The van der Waals surface area contributed by atoms with Gasteiger partial charge in [0.2, 0.25) is 0 Å². The van der Waals surface area contributed by atoms with Crippen LogP contribution in [0, 0.1) is 0 Å². The molecule has 0 saturated heterocycles. The summed E-state index contributed by atoms with van der Waals surface area (Å²) in [6.45, 7) is 0.471. The van der Waals surface area contributed by atoms with E-state index in [-0.39, 0.29) is 29.6 Å². The highest BCUT2D eigenvalue weighted by molar-refractivity contribution is 7.90. The molecule has 2 aromatic carbocycles. The Morgan fingerprint density at radius 2 is 1.75 bits per heavy atom. The van der Waals surface area contributed by atoms with E-state index in [0.717, 1.165) is 0 Å². The van der Waals surface area contributed by atoms with Gasteiger partial charge in [-0.2, -0.15) is 0 Å². The summed E-state index contributed by atoms with van der Waals surface area (Å²) in [5.41, 5.74) is 0.306. The highest BCUT2D eigenvalue weighted by Crippen LogP contribution is 2.20. The molecule has 0 radical (unpaired) electrons. The molecule has 6 nitrogen and oxygen atoms in total. The van der Waals surface area contributed by atoms with Gasteiger partial charge in [-0.25, -0.2) is 8.42 Å². The van der Waals surface area contributed by atoms with E-state index in [1.54, 1.807) is 42.5 Å². The zero-order valence-electron chi connectivity index (χ0n) is 14.8. The first-order valence-corrected chi connectivity index (χ1v) is 10.5. The highest BCUT2D eigenvalue weighted by atomic mass is 35.5. The van der Waals surface area contributed by atoms with Crippen molar-refractivity contribution in [3.8, 4) is 5.75 Å². The second-order valence-electron chi connectivity index (χ2n) is 5.91. The largest absolute Gasteiger partial charge is 0.492 e. The Balaban J connectivity index is 1.57. The van der Waals surface area contributed by atoms with Gasteiger partial charge in [0.15, 0.2) is 15.6 Å². The lowest BCUT2D eigenvalue weighted by molar-refractivity contribution is 0.0918. The smallest absolute Gasteiger partial charge is 0.287 e. The van der Waals surface area contributed by atoms with Crippen molar-refractivity contribution >= 4 is 27.3 Å². The van der Waals surface area contributed by atoms with Crippen molar-refractivity contribution in [3.63, 3.8) is 0 Å². The molecule has 3 rings (SSSR count). The maximum Gasteiger partial charge on any atom is 0.287 e. The van der Waals surface area contributed by atoms with E-state index in [4.69, 9.17) is 20.8 Å². The van der Waals surface area contributed by atoms with Gasteiger partial charge < -0.3 is 14.5 Å². The second-order valence-corrected chi connectivity index (χ2v) is 8.33. The summed E-state index contributed by atoms with van der Waals surface area (Å²) >= 11 is 5.81. The Morgan fingerprint density at radius 3 is 2.46 bits per heavy atom. The van der Waals surface area contributed by atoms with Crippen LogP contribution in [0.25, 0.3) is 0 Å². The average molecular weight is 420 g/mol. The van der Waals surface area contributed by atoms with Gasteiger partial charge in [0.25, 0.3) is 5.91 Å². The van der Waals surface area contributed by atoms with E-state index in [1.165, 1.54) is 24.5 Å². The number of hydrogen-bond acceptors (Lipinski definition) is 5. The fourth-order valence-corrected chi connectivity index (χ4v) is 4.01. The van der Waals surface area contributed by atoms with Gasteiger partial charge in [-0.05, 0) is 42.5 Å². The maximum atomic E-state index is 12.5. The highest BCUT2D eigenvalue weighted by Gasteiger charge is 2.22. The molecular formula is C20H18ClNO5S. The first-order chi connectivity index (χ1) is 13.5. The van der Waals surface area contributed by atoms with E-state index in [0.29, 0.717) is 16.3 Å². The van der Waals surface area contributed by atoms with Crippen LogP contribution < -0.4 is 10.1 Å². The quantitative estimate of drug-likeness (QED) is 0.562. The molecule has 3 aromatic rings. The number of furan rings is 1. The van der Waals surface area contributed by atoms with Crippen LogP contribution in [0.3, 0.4) is 0 Å². The van der Waals surface area contributed by atoms with E-state index >= 15 is 0 Å². The van der Waals surface area contributed by atoms with Gasteiger partial charge in [-0.15, -0.1) is 0 Å². The van der Waals surface area contributed by atoms with Crippen LogP contribution in [-0.2, 0) is 15.6 Å². The molecule has 28 heavy (non-hydrogen) atoms. The standard InChI is InChI=1S/C20H18ClNO5S/c21-16-6-8-17(9-7-16)26-13-11-22-20(23)19-15(10-12-27-19)14-28(24,25)18-4-2-1-3-5-18/h1-10,12H,11,13-14H2,(H,22,23). The Bertz CT molecular complexity index is 1030. The van der Waals surface area contributed by atoms with Crippen LogP contribution >= 0.6 is 11.6 Å². The number of hydrogen-bond donors (Lipinski definition) is 1. The number of carbonyl (C=O) groups excluding carboxylic acids is 1. The molecule has 0 spiro atoms. The van der Waals surface area contributed by atoms with Gasteiger partial charge in [0, 0.05) is 10.6 Å². The SMILES string of the molecule is O=C(NCCOc1ccc(Cl)cc1)c1occc1CS(=O)(=O)c1ccccc1. The third-order valence-electron chi connectivity index (χ3n) is 3.87. The molecule has 0 saturated carbocycles. The van der Waals surface area contributed by atoms with Gasteiger partial charge in [0.1, 0.15) is 12.4 Å². The number of amides is 1. The summed E-state index contributed by atoms with van der Waals surface area (Å²) in [5.74, 6) is -0.211. The van der Waals surface area contributed by atoms with Gasteiger partial charge >= 0.3 is 0 Å². The van der Waals surface area contributed by atoms with Gasteiger partial charge in [-0.1, -0.05) is 29.8 Å². The third kappa shape index (κ3) is 5.15. The minimum Gasteiger partial charge on any atom is -0.492 e. The summed E-state index contributed by atoms with van der Waals surface area (Å²) in [5, 5.41) is 3.26. The minimum absolute atomic E-state index is 0.0222. The molecule has 0 aliphatic carbocycles. The average Bonchev–Trinajstić information content (AvgIpc) is 3.14. The predicted molar refractivity (Wildman–Crippen MR) is 105 cm³/mol. The topological polar surface area (TPSA) is 85.6 Å². The maximum absolute atomic E-state index is 12.5. The molecule has 0 unspecified atom stereocenters. The lowest BCUT2D eigenvalue weighted by Crippen LogP contribution is -2.28. The van der Waals surface area contributed by atoms with Crippen LogP contribution in [0.2, 0.25) is 5.02 Å². The monoisotopic (exact) mass is 419 g/mol. The molecular weight excluding hydrogens is 402 g/mol. The van der Waals surface area contributed by atoms with E-state index in [2.05, 4.69) is 5.32 Å². The summed E-state index contributed by atoms with van der Waals surface area (Å²) in [6, 6.07) is 16.4. The second kappa shape index (κ2) is 8.95. The summed E-state index contributed by atoms with van der Waals surface area (Å²) in [6.07, 6.45) is 1.30. The normalized spacial score (nSPS) is 11.2. The first kappa shape index (κ1) is 20.0. The zero-order valence-corrected chi connectivity index (χ0v) is 16.4. The Labute approximate surface area is 168 Å². The van der Waals surface area contributed by atoms with Crippen LogP contribution in [-0.4, -0.2) is 27.5 Å². The third-order valence-corrected chi connectivity index (χ3v) is 5.80. The summed E-state index contributed by atoms with van der Waals surface area (Å²) < 4.78 is 35.7. The van der Waals surface area contributed by atoms with Crippen molar-refractivity contribution in [2.75, 3.05) is 13.2 Å². The van der Waals surface area contributed by atoms with Crippen molar-refractivity contribution in [3.05, 3.63) is 83.3 Å². The Morgan fingerprint density at radius 1 is 1.04 bits per heavy atom. The van der Waals surface area contributed by atoms with E-state index in [1.807, 2.05) is 0 Å².